The average molecular weight is 189 g/mol. The molecule has 0 saturated carbocycles. The van der Waals surface area contributed by atoms with Crippen LogP contribution in [0.15, 0.2) is 24.3 Å². The van der Waals surface area contributed by atoms with E-state index in [2.05, 4.69) is 50.4 Å². The summed E-state index contributed by atoms with van der Waals surface area (Å²) in [6.45, 7) is 7.94. The third kappa shape index (κ3) is 1.83. The molecule has 1 aromatic carbocycles. The van der Waals surface area contributed by atoms with Gasteiger partial charge >= 0.3 is 0 Å². The molecule has 0 aliphatic carbocycles. The lowest BCUT2D eigenvalue weighted by atomic mass is 9.80. The highest BCUT2D eigenvalue weighted by molar-refractivity contribution is 5.30. The van der Waals surface area contributed by atoms with Crippen molar-refractivity contribution in [3.05, 3.63) is 35.4 Å². The number of nitrogens with one attached hydrogen (secondary N) is 1. The lowest BCUT2D eigenvalue weighted by Crippen LogP contribution is -2.44. The van der Waals surface area contributed by atoms with Gasteiger partial charge in [-0.1, -0.05) is 45.0 Å². The molecule has 1 heteroatoms. The summed E-state index contributed by atoms with van der Waals surface area (Å²) in [6, 6.07) is 9.36. The van der Waals surface area contributed by atoms with Crippen LogP contribution < -0.4 is 5.32 Å². The Kier molecular flexibility index (Phi) is 2.36. The molecule has 76 valence electrons. The Morgan fingerprint density at radius 2 is 1.79 bits per heavy atom. The molecular weight excluding hydrogens is 170 g/mol. The molecule has 2 rings (SSSR count). The first kappa shape index (κ1) is 9.72. The topological polar surface area (TPSA) is 12.0 Å². The van der Waals surface area contributed by atoms with Crippen molar-refractivity contribution in [1.82, 2.24) is 5.32 Å². The number of rotatable bonds is 0. The Bertz CT molecular complexity index is 322. The van der Waals surface area contributed by atoms with Crippen LogP contribution in [0.4, 0.5) is 0 Å². The van der Waals surface area contributed by atoms with E-state index in [-0.39, 0.29) is 0 Å². The quantitative estimate of drug-likeness (QED) is 0.661. The number of hydrogen-bond donors (Lipinski definition) is 1. The molecule has 1 N–H and O–H groups in total. The second kappa shape index (κ2) is 3.39. The molecule has 1 aliphatic heterocycles. The van der Waals surface area contributed by atoms with Crippen molar-refractivity contribution in [2.24, 2.45) is 5.41 Å². The van der Waals surface area contributed by atoms with Crippen molar-refractivity contribution in [2.45, 2.75) is 39.8 Å². The number of benzene rings is 1. The van der Waals surface area contributed by atoms with Gasteiger partial charge < -0.3 is 5.32 Å². The van der Waals surface area contributed by atoms with Gasteiger partial charge in [-0.3, -0.25) is 0 Å². The van der Waals surface area contributed by atoms with Crippen LogP contribution in [0.25, 0.3) is 0 Å². The van der Waals surface area contributed by atoms with Gasteiger partial charge in [0.1, 0.15) is 0 Å². The monoisotopic (exact) mass is 189 g/mol. The average Bonchev–Trinajstić information content (AvgIpc) is 2.16. The zero-order valence-corrected chi connectivity index (χ0v) is 9.30. The second-order valence-electron chi connectivity index (χ2n) is 5.27. The van der Waals surface area contributed by atoms with E-state index in [4.69, 9.17) is 0 Å². The SMILES string of the molecule is CC(C)(C)C1Cc2ccccc2CN1. The van der Waals surface area contributed by atoms with E-state index >= 15 is 0 Å². The molecule has 0 fully saturated rings. The standard InChI is InChI=1S/C13H19N/c1-13(2,3)12-8-10-6-4-5-7-11(10)9-14-12/h4-7,12,14H,8-9H2,1-3H3. The highest BCUT2D eigenvalue weighted by Gasteiger charge is 2.27. The Morgan fingerprint density at radius 3 is 2.43 bits per heavy atom. The molecule has 1 aliphatic rings. The van der Waals surface area contributed by atoms with Crippen molar-refractivity contribution in [3.63, 3.8) is 0 Å². The minimum absolute atomic E-state index is 0.355. The summed E-state index contributed by atoms with van der Waals surface area (Å²) in [5.41, 5.74) is 3.34. The van der Waals surface area contributed by atoms with Gasteiger partial charge in [0.25, 0.3) is 0 Å². The summed E-state index contributed by atoms with van der Waals surface area (Å²) in [4.78, 5) is 0. The Morgan fingerprint density at radius 1 is 1.14 bits per heavy atom. The van der Waals surface area contributed by atoms with E-state index in [9.17, 15) is 0 Å². The van der Waals surface area contributed by atoms with E-state index in [0.717, 1.165) is 6.54 Å². The summed E-state index contributed by atoms with van der Waals surface area (Å²) >= 11 is 0. The normalized spacial score (nSPS) is 21.8. The van der Waals surface area contributed by atoms with E-state index in [1.165, 1.54) is 17.5 Å². The highest BCUT2D eigenvalue weighted by Crippen LogP contribution is 2.27. The van der Waals surface area contributed by atoms with Crippen molar-refractivity contribution in [3.8, 4) is 0 Å². The molecule has 1 unspecified atom stereocenters. The van der Waals surface area contributed by atoms with Gasteiger partial charge in [-0.2, -0.15) is 0 Å². The molecule has 0 bridgehead atoms. The van der Waals surface area contributed by atoms with Crippen LogP contribution in [-0.2, 0) is 13.0 Å². The molecule has 0 spiro atoms. The molecule has 1 aromatic rings. The van der Waals surface area contributed by atoms with Gasteiger partial charge in [-0.05, 0) is 23.0 Å². The molecule has 1 atom stereocenters. The minimum Gasteiger partial charge on any atom is -0.309 e. The van der Waals surface area contributed by atoms with Crippen molar-refractivity contribution in [1.29, 1.82) is 0 Å². The molecule has 0 aromatic heterocycles. The fourth-order valence-electron chi connectivity index (χ4n) is 2.07. The third-order valence-corrected chi connectivity index (χ3v) is 3.13. The summed E-state index contributed by atoms with van der Waals surface area (Å²) in [7, 11) is 0. The van der Waals surface area contributed by atoms with Gasteiger partial charge in [0.15, 0.2) is 0 Å². The van der Waals surface area contributed by atoms with Crippen molar-refractivity contribution >= 4 is 0 Å². The van der Waals surface area contributed by atoms with Gasteiger partial charge in [-0.15, -0.1) is 0 Å². The fraction of sp³-hybridized carbons (Fsp3) is 0.538. The van der Waals surface area contributed by atoms with Crippen LogP contribution in [-0.4, -0.2) is 6.04 Å². The van der Waals surface area contributed by atoms with Crippen LogP contribution in [0, 0.1) is 5.41 Å². The number of hydrogen-bond acceptors (Lipinski definition) is 1. The maximum absolute atomic E-state index is 3.62. The molecule has 14 heavy (non-hydrogen) atoms. The van der Waals surface area contributed by atoms with Crippen molar-refractivity contribution < 1.29 is 0 Å². The summed E-state index contributed by atoms with van der Waals surface area (Å²) in [6.07, 6.45) is 1.17. The lowest BCUT2D eigenvalue weighted by Gasteiger charge is -2.35. The van der Waals surface area contributed by atoms with Gasteiger partial charge in [0.2, 0.25) is 0 Å². The van der Waals surface area contributed by atoms with Gasteiger partial charge in [0.05, 0.1) is 0 Å². The summed E-state index contributed by atoms with van der Waals surface area (Å²) in [5, 5.41) is 3.62. The minimum atomic E-state index is 0.355. The first-order valence-electron chi connectivity index (χ1n) is 5.37. The largest absolute Gasteiger partial charge is 0.309 e. The molecule has 1 heterocycles. The van der Waals surface area contributed by atoms with E-state index in [1.54, 1.807) is 0 Å². The zero-order chi connectivity index (χ0) is 10.2. The van der Waals surface area contributed by atoms with Crippen LogP contribution in [0.1, 0.15) is 31.9 Å². The maximum atomic E-state index is 3.62. The van der Waals surface area contributed by atoms with Crippen LogP contribution in [0.5, 0.6) is 0 Å². The lowest BCUT2D eigenvalue weighted by molar-refractivity contribution is 0.255. The molecule has 0 saturated heterocycles. The van der Waals surface area contributed by atoms with Gasteiger partial charge in [-0.25, -0.2) is 0 Å². The Hall–Kier alpha value is -0.820. The van der Waals surface area contributed by atoms with Crippen LogP contribution in [0.2, 0.25) is 0 Å². The third-order valence-electron chi connectivity index (χ3n) is 3.13. The van der Waals surface area contributed by atoms with E-state index < -0.39 is 0 Å². The Balaban J connectivity index is 2.22. The van der Waals surface area contributed by atoms with Crippen LogP contribution in [0.3, 0.4) is 0 Å². The summed E-state index contributed by atoms with van der Waals surface area (Å²) in [5.74, 6) is 0. The second-order valence-corrected chi connectivity index (χ2v) is 5.27. The molecule has 0 radical (unpaired) electrons. The van der Waals surface area contributed by atoms with Crippen molar-refractivity contribution in [2.75, 3.05) is 0 Å². The van der Waals surface area contributed by atoms with Gasteiger partial charge in [0, 0.05) is 12.6 Å². The van der Waals surface area contributed by atoms with E-state index in [1.807, 2.05) is 0 Å². The fourth-order valence-corrected chi connectivity index (χ4v) is 2.07. The molecular formula is C13H19N. The van der Waals surface area contributed by atoms with Crippen LogP contribution >= 0.6 is 0 Å². The molecule has 0 amide bonds. The Labute approximate surface area is 86.5 Å². The van der Waals surface area contributed by atoms with E-state index in [0.29, 0.717) is 11.5 Å². The predicted octanol–water partition coefficient (Wildman–Crippen LogP) is 2.75. The first-order chi connectivity index (χ1) is 6.57. The zero-order valence-electron chi connectivity index (χ0n) is 9.30. The first-order valence-corrected chi connectivity index (χ1v) is 5.37. The molecule has 1 nitrogen and oxygen atoms in total. The maximum Gasteiger partial charge on any atom is 0.0211 e. The highest BCUT2D eigenvalue weighted by atomic mass is 14.9. The smallest absolute Gasteiger partial charge is 0.0211 e. The predicted molar refractivity (Wildman–Crippen MR) is 60.2 cm³/mol. The number of fused-ring (bicyclic) bond motifs is 1. The summed E-state index contributed by atoms with van der Waals surface area (Å²) < 4.78 is 0.